The van der Waals surface area contributed by atoms with E-state index in [0.717, 1.165) is 19.3 Å². The second-order valence-corrected chi connectivity index (χ2v) is 3.54. The number of carbonyl (C=O) groups is 2. The summed E-state index contributed by atoms with van der Waals surface area (Å²) in [6, 6.07) is -0.823. The summed E-state index contributed by atoms with van der Waals surface area (Å²) in [5.74, 6) is -0.964. The fraction of sp³-hybridized carbons (Fsp3) is 0.600. The third-order valence-electron chi connectivity index (χ3n) is 2.49. The molecule has 1 aliphatic rings. The summed E-state index contributed by atoms with van der Waals surface area (Å²) in [6.45, 7) is 3.47. The molecule has 0 spiro atoms. The Balaban J connectivity index is 2.39. The lowest BCUT2D eigenvalue weighted by Gasteiger charge is -2.31. The molecule has 84 valence electrons. The maximum atomic E-state index is 11.1. The van der Waals surface area contributed by atoms with Gasteiger partial charge in [0.2, 0.25) is 0 Å². The van der Waals surface area contributed by atoms with Crippen molar-refractivity contribution in [3.8, 4) is 0 Å². The van der Waals surface area contributed by atoms with Crippen LogP contribution < -0.4 is 5.32 Å². The van der Waals surface area contributed by atoms with Gasteiger partial charge in [-0.15, -0.1) is 0 Å². The zero-order valence-electron chi connectivity index (χ0n) is 8.44. The van der Waals surface area contributed by atoms with Crippen molar-refractivity contribution >= 4 is 12.1 Å². The van der Waals surface area contributed by atoms with Gasteiger partial charge < -0.3 is 15.2 Å². The number of hydrogen-bond acceptors (Lipinski definition) is 3. The van der Waals surface area contributed by atoms with Gasteiger partial charge in [-0.1, -0.05) is 19.1 Å². The van der Waals surface area contributed by atoms with E-state index in [0.29, 0.717) is 0 Å². The van der Waals surface area contributed by atoms with Crippen molar-refractivity contribution in [2.24, 2.45) is 5.92 Å². The summed E-state index contributed by atoms with van der Waals surface area (Å²) in [7, 11) is 0. The van der Waals surface area contributed by atoms with Crippen molar-refractivity contribution < 1.29 is 19.4 Å². The Morgan fingerprint density at radius 1 is 1.60 bits per heavy atom. The van der Waals surface area contributed by atoms with Crippen LogP contribution in [-0.2, 0) is 9.53 Å². The van der Waals surface area contributed by atoms with E-state index < -0.39 is 18.1 Å². The summed E-state index contributed by atoms with van der Waals surface area (Å²) in [4.78, 5) is 22.0. The number of carboxylic acids is 1. The van der Waals surface area contributed by atoms with Gasteiger partial charge in [-0.3, -0.25) is 0 Å². The first-order valence-corrected chi connectivity index (χ1v) is 4.92. The van der Waals surface area contributed by atoms with Crippen LogP contribution in [0.2, 0.25) is 0 Å². The highest BCUT2D eigenvalue weighted by Crippen LogP contribution is 2.29. The van der Waals surface area contributed by atoms with Crippen LogP contribution in [0.25, 0.3) is 0 Å². The SMILES string of the molecule is C=CCOC(=O)N[C@@H](C(=O)O)C1CCC1. The summed E-state index contributed by atoms with van der Waals surface area (Å²) >= 11 is 0. The Hall–Kier alpha value is -1.52. The number of ether oxygens (including phenoxy) is 1. The zero-order valence-corrected chi connectivity index (χ0v) is 8.44. The van der Waals surface area contributed by atoms with Crippen molar-refractivity contribution in [1.82, 2.24) is 5.32 Å². The molecule has 1 aliphatic carbocycles. The minimum atomic E-state index is -1.00. The Bertz CT molecular complexity index is 260. The largest absolute Gasteiger partial charge is 0.480 e. The molecule has 0 unspecified atom stereocenters. The predicted molar refractivity (Wildman–Crippen MR) is 53.4 cm³/mol. The van der Waals surface area contributed by atoms with Crippen molar-refractivity contribution in [3.05, 3.63) is 12.7 Å². The molecular weight excluding hydrogens is 198 g/mol. The minimum Gasteiger partial charge on any atom is -0.480 e. The Kier molecular flexibility index (Phi) is 4.15. The summed E-state index contributed by atoms with van der Waals surface area (Å²) in [6.07, 6.45) is 3.45. The van der Waals surface area contributed by atoms with Crippen LogP contribution in [0.15, 0.2) is 12.7 Å². The summed E-state index contributed by atoms with van der Waals surface area (Å²) in [5, 5.41) is 11.2. The fourth-order valence-corrected chi connectivity index (χ4v) is 1.46. The van der Waals surface area contributed by atoms with Crippen molar-refractivity contribution in [1.29, 1.82) is 0 Å². The standard InChI is InChI=1S/C10H15NO4/c1-2-6-15-10(14)11-8(9(12)13)7-4-3-5-7/h2,7-8H,1,3-6H2,(H,11,14)(H,12,13)/t8-/m1/s1. The molecule has 15 heavy (non-hydrogen) atoms. The average Bonchev–Trinajstić information content (AvgIpc) is 2.10. The number of carboxylic acid groups (broad SMARTS) is 1. The highest BCUT2D eigenvalue weighted by atomic mass is 16.5. The van der Waals surface area contributed by atoms with Crippen LogP contribution in [-0.4, -0.2) is 29.8 Å². The Labute approximate surface area is 88.1 Å². The molecule has 0 aromatic rings. The smallest absolute Gasteiger partial charge is 0.408 e. The van der Waals surface area contributed by atoms with Crippen molar-refractivity contribution in [3.63, 3.8) is 0 Å². The number of amides is 1. The zero-order chi connectivity index (χ0) is 11.3. The fourth-order valence-electron chi connectivity index (χ4n) is 1.46. The van der Waals surface area contributed by atoms with Crippen molar-refractivity contribution in [2.75, 3.05) is 6.61 Å². The molecule has 1 saturated carbocycles. The van der Waals surface area contributed by atoms with Crippen LogP contribution in [0.4, 0.5) is 4.79 Å². The number of aliphatic carboxylic acids is 1. The lowest BCUT2D eigenvalue weighted by molar-refractivity contribution is -0.141. The highest BCUT2D eigenvalue weighted by Gasteiger charge is 2.33. The second-order valence-electron chi connectivity index (χ2n) is 3.54. The van der Waals surface area contributed by atoms with E-state index in [-0.39, 0.29) is 12.5 Å². The number of carbonyl (C=O) groups excluding carboxylic acids is 1. The van der Waals surface area contributed by atoms with E-state index in [4.69, 9.17) is 5.11 Å². The van der Waals surface area contributed by atoms with Crippen LogP contribution in [0.5, 0.6) is 0 Å². The van der Waals surface area contributed by atoms with E-state index in [1.54, 1.807) is 0 Å². The van der Waals surface area contributed by atoms with E-state index in [9.17, 15) is 9.59 Å². The number of nitrogens with one attached hydrogen (secondary N) is 1. The quantitative estimate of drug-likeness (QED) is 0.672. The first-order valence-electron chi connectivity index (χ1n) is 4.92. The van der Waals surface area contributed by atoms with Crippen LogP contribution in [0.1, 0.15) is 19.3 Å². The molecule has 0 heterocycles. The van der Waals surface area contributed by atoms with E-state index in [1.807, 2.05) is 0 Å². The number of hydrogen-bond donors (Lipinski definition) is 2. The van der Waals surface area contributed by atoms with E-state index in [2.05, 4.69) is 16.6 Å². The lowest BCUT2D eigenvalue weighted by atomic mass is 9.80. The number of alkyl carbamates (subject to hydrolysis) is 1. The van der Waals surface area contributed by atoms with Gasteiger partial charge in [-0.25, -0.2) is 9.59 Å². The van der Waals surface area contributed by atoms with Gasteiger partial charge in [0.15, 0.2) is 0 Å². The summed E-state index contributed by atoms with van der Waals surface area (Å²) < 4.78 is 4.66. The molecule has 0 aromatic heterocycles. The Morgan fingerprint density at radius 2 is 2.27 bits per heavy atom. The Morgan fingerprint density at radius 3 is 2.67 bits per heavy atom. The third kappa shape index (κ3) is 3.27. The van der Waals surface area contributed by atoms with Gasteiger partial charge >= 0.3 is 12.1 Å². The molecule has 1 amide bonds. The normalized spacial score (nSPS) is 17.3. The first-order chi connectivity index (χ1) is 7.15. The third-order valence-corrected chi connectivity index (χ3v) is 2.49. The van der Waals surface area contributed by atoms with E-state index in [1.165, 1.54) is 6.08 Å². The molecule has 1 fully saturated rings. The van der Waals surface area contributed by atoms with Gasteiger partial charge in [-0.05, 0) is 18.8 Å². The monoisotopic (exact) mass is 213 g/mol. The molecule has 1 atom stereocenters. The van der Waals surface area contributed by atoms with Gasteiger partial charge in [0, 0.05) is 0 Å². The number of rotatable bonds is 5. The molecule has 5 nitrogen and oxygen atoms in total. The van der Waals surface area contributed by atoms with Crippen molar-refractivity contribution in [2.45, 2.75) is 25.3 Å². The molecule has 0 aromatic carbocycles. The molecule has 5 heteroatoms. The van der Waals surface area contributed by atoms with Gasteiger partial charge in [0.25, 0.3) is 0 Å². The first kappa shape index (κ1) is 11.6. The molecule has 2 N–H and O–H groups in total. The second kappa shape index (κ2) is 5.38. The molecule has 0 bridgehead atoms. The molecule has 1 rings (SSSR count). The molecule has 0 aliphatic heterocycles. The molecular formula is C10H15NO4. The molecule has 0 radical (unpaired) electrons. The minimum absolute atomic E-state index is 0.0405. The van der Waals surface area contributed by atoms with Gasteiger partial charge in [0.05, 0.1) is 0 Å². The maximum Gasteiger partial charge on any atom is 0.408 e. The highest BCUT2D eigenvalue weighted by molar-refractivity contribution is 5.80. The molecule has 0 saturated heterocycles. The average molecular weight is 213 g/mol. The summed E-state index contributed by atoms with van der Waals surface area (Å²) in [5.41, 5.74) is 0. The van der Waals surface area contributed by atoms with Crippen LogP contribution in [0, 0.1) is 5.92 Å². The van der Waals surface area contributed by atoms with E-state index >= 15 is 0 Å². The van der Waals surface area contributed by atoms with Crippen LogP contribution >= 0.6 is 0 Å². The topological polar surface area (TPSA) is 75.6 Å². The predicted octanol–water partition coefficient (Wildman–Crippen LogP) is 1.15. The van der Waals surface area contributed by atoms with Gasteiger partial charge in [0.1, 0.15) is 12.6 Å². The maximum absolute atomic E-state index is 11.1. The van der Waals surface area contributed by atoms with Crippen LogP contribution in [0.3, 0.4) is 0 Å². The lowest BCUT2D eigenvalue weighted by Crippen LogP contribution is -2.48. The van der Waals surface area contributed by atoms with Gasteiger partial charge in [-0.2, -0.15) is 0 Å².